The van der Waals surface area contributed by atoms with Crippen molar-refractivity contribution < 1.29 is 22.7 Å². The number of hydrogen-bond donors (Lipinski definition) is 0. The number of aromatic nitrogens is 2. The predicted octanol–water partition coefficient (Wildman–Crippen LogP) is 1.60. The topological polar surface area (TPSA) is 107 Å². The van der Waals surface area contributed by atoms with Gasteiger partial charge in [0.2, 0.25) is 0 Å². The molecule has 0 bridgehead atoms. The lowest BCUT2D eigenvalue weighted by atomic mass is 10.1. The number of benzene rings is 1. The van der Waals surface area contributed by atoms with E-state index >= 15 is 0 Å². The van der Waals surface area contributed by atoms with Gasteiger partial charge >= 0.3 is 5.97 Å². The molecule has 150 valence electrons. The Morgan fingerprint density at radius 1 is 1.25 bits per heavy atom. The summed E-state index contributed by atoms with van der Waals surface area (Å²) in [5.74, 6) is -0.981. The molecule has 1 aliphatic heterocycles. The number of hydrogen-bond acceptors (Lipinski definition) is 7. The van der Waals surface area contributed by atoms with Gasteiger partial charge in [0.25, 0.3) is 5.91 Å². The second-order valence-electron chi connectivity index (χ2n) is 6.95. The maximum Gasteiger partial charge on any atom is 0.338 e. The molecule has 2 aromatic rings. The number of sulfone groups is 1. The molecular weight excluding hydrogens is 382 g/mol. The highest BCUT2D eigenvalue weighted by Gasteiger charge is 2.36. The summed E-state index contributed by atoms with van der Waals surface area (Å²) in [6.45, 7) is 3.36. The standard InChI is InChI=1S/C19H23N3O5S/c1-3-13(2)22(15-6-9-28(25,26)12-15)18(23)11-27-19(24)14-4-5-16-17(10-14)21-8-7-20-16/h4-5,7-8,10,13,15H,3,6,9,11-12H2,1-2H3/t13-,15-/m0/s1. The van der Waals surface area contributed by atoms with Crippen molar-refractivity contribution in [3.05, 3.63) is 36.2 Å². The van der Waals surface area contributed by atoms with Crippen LogP contribution in [-0.2, 0) is 19.4 Å². The Hall–Kier alpha value is -2.55. The molecule has 0 saturated carbocycles. The molecule has 0 aliphatic carbocycles. The van der Waals surface area contributed by atoms with Gasteiger partial charge in [-0.15, -0.1) is 0 Å². The van der Waals surface area contributed by atoms with E-state index in [0.717, 1.165) is 0 Å². The molecule has 8 nitrogen and oxygen atoms in total. The van der Waals surface area contributed by atoms with E-state index in [1.54, 1.807) is 29.3 Å². The minimum absolute atomic E-state index is 0.0413. The van der Waals surface area contributed by atoms with Gasteiger partial charge in [0.05, 0.1) is 28.1 Å². The summed E-state index contributed by atoms with van der Waals surface area (Å²) in [4.78, 5) is 34.9. The average Bonchev–Trinajstić information content (AvgIpc) is 3.04. The predicted molar refractivity (Wildman–Crippen MR) is 103 cm³/mol. The van der Waals surface area contributed by atoms with Crippen molar-refractivity contribution >= 4 is 32.7 Å². The number of fused-ring (bicyclic) bond motifs is 1. The normalized spacial score (nSPS) is 19.3. The zero-order valence-electron chi connectivity index (χ0n) is 15.9. The maximum atomic E-state index is 12.7. The minimum atomic E-state index is -3.13. The van der Waals surface area contributed by atoms with Crippen molar-refractivity contribution in [1.82, 2.24) is 14.9 Å². The van der Waals surface area contributed by atoms with Gasteiger partial charge in [0.15, 0.2) is 16.4 Å². The Morgan fingerprint density at radius 3 is 2.61 bits per heavy atom. The first-order chi connectivity index (χ1) is 13.3. The number of amides is 1. The largest absolute Gasteiger partial charge is 0.452 e. The average molecular weight is 405 g/mol. The smallest absolute Gasteiger partial charge is 0.338 e. The lowest BCUT2D eigenvalue weighted by Gasteiger charge is -2.33. The van der Waals surface area contributed by atoms with E-state index in [0.29, 0.717) is 23.9 Å². The van der Waals surface area contributed by atoms with Gasteiger partial charge in [-0.3, -0.25) is 14.8 Å². The summed E-state index contributed by atoms with van der Waals surface area (Å²) in [5.41, 5.74) is 1.49. The van der Waals surface area contributed by atoms with E-state index in [4.69, 9.17) is 4.74 Å². The fourth-order valence-corrected chi connectivity index (χ4v) is 5.09. The molecule has 1 aromatic heterocycles. The molecule has 0 spiro atoms. The molecule has 2 atom stereocenters. The summed E-state index contributed by atoms with van der Waals surface area (Å²) < 4.78 is 28.8. The van der Waals surface area contributed by atoms with Crippen molar-refractivity contribution in [2.45, 2.75) is 38.8 Å². The molecule has 9 heteroatoms. The molecule has 0 N–H and O–H groups in total. The molecular formula is C19H23N3O5S. The van der Waals surface area contributed by atoms with Crippen LogP contribution in [0.25, 0.3) is 11.0 Å². The van der Waals surface area contributed by atoms with Crippen molar-refractivity contribution in [1.29, 1.82) is 0 Å². The van der Waals surface area contributed by atoms with Gasteiger partial charge in [-0.1, -0.05) is 6.92 Å². The second kappa shape index (κ2) is 8.22. The van der Waals surface area contributed by atoms with Gasteiger partial charge in [-0.2, -0.15) is 0 Å². The summed E-state index contributed by atoms with van der Waals surface area (Å²) >= 11 is 0. The van der Waals surface area contributed by atoms with E-state index < -0.39 is 22.4 Å². The summed E-state index contributed by atoms with van der Waals surface area (Å²) in [6, 6.07) is 4.28. The fourth-order valence-electron chi connectivity index (χ4n) is 3.38. The van der Waals surface area contributed by atoms with Crippen LogP contribution in [0.2, 0.25) is 0 Å². The van der Waals surface area contributed by atoms with Gasteiger partial charge < -0.3 is 9.64 Å². The Labute approximate surface area is 163 Å². The van der Waals surface area contributed by atoms with Crippen LogP contribution in [0, 0.1) is 0 Å². The summed E-state index contributed by atoms with van der Waals surface area (Å²) in [5, 5.41) is 0. The van der Waals surface area contributed by atoms with Crippen molar-refractivity contribution in [3.63, 3.8) is 0 Å². The minimum Gasteiger partial charge on any atom is -0.452 e. The fraction of sp³-hybridized carbons (Fsp3) is 0.474. The zero-order valence-corrected chi connectivity index (χ0v) is 16.7. The molecule has 3 rings (SSSR count). The molecule has 1 fully saturated rings. The van der Waals surface area contributed by atoms with E-state index in [1.165, 1.54) is 6.20 Å². The lowest BCUT2D eigenvalue weighted by molar-refractivity contribution is -0.138. The van der Waals surface area contributed by atoms with Crippen LogP contribution in [0.15, 0.2) is 30.6 Å². The first kappa shape index (κ1) is 20.2. The molecule has 0 unspecified atom stereocenters. The van der Waals surface area contributed by atoms with Crippen molar-refractivity contribution in [2.24, 2.45) is 0 Å². The molecule has 1 saturated heterocycles. The van der Waals surface area contributed by atoms with Crippen LogP contribution in [0.4, 0.5) is 0 Å². The quantitative estimate of drug-likeness (QED) is 0.672. The van der Waals surface area contributed by atoms with Crippen LogP contribution in [-0.4, -0.2) is 65.4 Å². The van der Waals surface area contributed by atoms with E-state index in [1.807, 2.05) is 13.8 Å². The molecule has 2 heterocycles. The van der Waals surface area contributed by atoms with Crippen LogP contribution < -0.4 is 0 Å². The SMILES string of the molecule is CC[C@H](C)N(C(=O)COC(=O)c1ccc2nccnc2c1)[C@H]1CCS(=O)(=O)C1. The highest BCUT2D eigenvalue weighted by Crippen LogP contribution is 2.21. The highest BCUT2D eigenvalue weighted by molar-refractivity contribution is 7.91. The summed E-state index contributed by atoms with van der Waals surface area (Å²) in [6.07, 6.45) is 4.18. The highest BCUT2D eigenvalue weighted by atomic mass is 32.2. The van der Waals surface area contributed by atoms with E-state index in [2.05, 4.69) is 9.97 Å². The zero-order chi connectivity index (χ0) is 20.3. The van der Waals surface area contributed by atoms with Crippen LogP contribution >= 0.6 is 0 Å². The molecule has 1 aromatic carbocycles. The van der Waals surface area contributed by atoms with Crippen LogP contribution in [0.5, 0.6) is 0 Å². The summed E-state index contributed by atoms with van der Waals surface area (Å²) in [7, 11) is -3.13. The first-order valence-electron chi connectivity index (χ1n) is 9.20. The van der Waals surface area contributed by atoms with Crippen molar-refractivity contribution in [2.75, 3.05) is 18.1 Å². The Bertz CT molecular complexity index is 992. The third-order valence-corrected chi connectivity index (χ3v) is 6.74. The Morgan fingerprint density at radius 2 is 1.96 bits per heavy atom. The Balaban J connectivity index is 1.68. The maximum absolute atomic E-state index is 12.7. The molecule has 28 heavy (non-hydrogen) atoms. The number of nitrogens with zero attached hydrogens (tertiary/aromatic N) is 3. The Kier molecular flexibility index (Phi) is 5.93. The number of ether oxygens (including phenoxy) is 1. The number of esters is 1. The van der Waals surface area contributed by atoms with Gasteiger partial charge in [0, 0.05) is 24.5 Å². The molecule has 0 radical (unpaired) electrons. The first-order valence-corrected chi connectivity index (χ1v) is 11.0. The molecule has 1 amide bonds. The van der Waals surface area contributed by atoms with Gasteiger partial charge in [-0.25, -0.2) is 13.2 Å². The monoisotopic (exact) mass is 405 g/mol. The number of carbonyl (C=O) groups excluding carboxylic acids is 2. The third kappa shape index (κ3) is 4.46. The second-order valence-corrected chi connectivity index (χ2v) is 9.18. The van der Waals surface area contributed by atoms with Gasteiger partial charge in [0.1, 0.15) is 0 Å². The van der Waals surface area contributed by atoms with Crippen molar-refractivity contribution in [3.8, 4) is 0 Å². The van der Waals surface area contributed by atoms with E-state index in [9.17, 15) is 18.0 Å². The van der Waals surface area contributed by atoms with Gasteiger partial charge in [-0.05, 0) is 38.0 Å². The molecule has 1 aliphatic rings. The van der Waals surface area contributed by atoms with Crippen LogP contribution in [0.1, 0.15) is 37.0 Å². The van der Waals surface area contributed by atoms with Crippen LogP contribution in [0.3, 0.4) is 0 Å². The number of rotatable bonds is 6. The van der Waals surface area contributed by atoms with E-state index in [-0.39, 0.29) is 35.1 Å². The lowest BCUT2D eigenvalue weighted by Crippen LogP contribution is -2.48. The third-order valence-electron chi connectivity index (χ3n) is 4.99. The number of carbonyl (C=O) groups is 2.